The largest absolute Gasteiger partial charge is 0.346 e. The van der Waals surface area contributed by atoms with E-state index in [1.54, 1.807) is 11.9 Å². The van der Waals surface area contributed by atoms with Crippen LogP contribution in [0.25, 0.3) is 0 Å². The molecule has 2 fully saturated rings. The topological polar surface area (TPSA) is 66.6 Å². The third-order valence-corrected chi connectivity index (χ3v) is 3.78. The first kappa shape index (κ1) is 12.4. The van der Waals surface area contributed by atoms with Gasteiger partial charge in [-0.05, 0) is 19.3 Å². The van der Waals surface area contributed by atoms with E-state index in [0.717, 1.165) is 25.8 Å². The molecule has 2 heterocycles. The summed E-state index contributed by atoms with van der Waals surface area (Å²) in [5.74, 6) is 0.0847. The van der Waals surface area contributed by atoms with Crippen molar-refractivity contribution in [3.05, 3.63) is 0 Å². The van der Waals surface area contributed by atoms with Gasteiger partial charge in [0.2, 0.25) is 11.8 Å². The first-order valence-electron chi connectivity index (χ1n) is 6.36. The molecule has 2 N–H and O–H groups in total. The first-order valence-corrected chi connectivity index (χ1v) is 6.36. The van der Waals surface area contributed by atoms with E-state index in [9.17, 15) is 9.59 Å². The molecule has 0 bridgehead atoms. The summed E-state index contributed by atoms with van der Waals surface area (Å²) in [6, 6.07) is 0.106. The number of nitrogens with zero attached hydrogens (tertiary/aromatic N) is 2. The van der Waals surface area contributed by atoms with Crippen molar-refractivity contribution in [3.8, 4) is 0 Å². The van der Waals surface area contributed by atoms with E-state index >= 15 is 0 Å². The lowest BCUT2D eigenvalue weighted by atomic mass is 9.93. The van der Waals surface area contributed by atoms with Crippen LogP contribution in [0.15, 0.2) is 0 Å². The molecule has 0 aromatic carbocycles. The first-order chi connectivity index (χ1) is 8.08. The van der Waals surface area contributed by atoms with Gasteiger partial charge in [-0.3, -0.25) is 9.59 Å². The molecule has 17 heavy (non-hydrogen) atoms. The molecule has 2 aliphatic rings. The van der Waals surface area contributed by atoms with Crippen LogP contribution in [0, 0.1) is 5.92 Å². The van der Waals surface area contributed by atoms with Crippen molar-refractivity contribution in [3.63, 3.8) is 0 Å². The molecule has 0 aromatic heterocycles. The summed E-state index contributed by atoms with van der Waals surface area (Å²) in [6.45, 7) is 2.14. The number of carbonyl (C=O) groups excluding carboxylic acids is 2. The number of likely N-dealkylation sites (tertiary alicyclic amines) is 2. The molecule has 0 radical (unpaired) electrons. The van der Waals surface area contributed by atoms with Crippen LogP contribution in [0.1, 0.15) is 25.7 Å². The monoisotopic (exact) mass is 239 g/mol. The molecule has 2 aliphatic heterocycles. The van der Waals surface area contributed by atoms with Crippen LogP contribution in [-0.4, -0.2) is 54.3 Å². The van der Waals surface area contributed by atoms with Crippen LogP contribution in [0.3, 0.4) is 0 Å². The normalized spacial score (nSPS) is 30.6. The van der Waals surface area contributed by atoms with E-state index in [1.165, 1.54) is 0 Å². The van der Waals surface area contributed by atoms with Crippen molar-refractivity contribution in [2.45, 2.75) is 31.7 Å². The molecule has 0 aromatic rings. The van der Waals surface area contributed by atoms with Crippen molar-refractivity contribution in [1.82, 2.24) is 9.80 Å². The molecule has 2 amide bonds. The smallest absolute Gasteiger partial charge is 0.226 e. The molecule has 2 rings (SSSR count). The number of nitrogens with two attached hydrogens (primary N) is 1. The van der Waals surface area contributed by atoms with Crippen molar-refractivity contribution in [2.75, 3.05) is 26.7 Å². The average Bonchev–Trinajstić information content (AvgIpc) is 2.32. The highest BCUT2D eigenvalue weighted by Gasteiger charge is 2.32. The minimum Gasteiger partial charge on any atom is -0.346 e. The second kappa shape index (κ2) is 5.04. The van der Waals surface area contributed by atoms with Gasteiger partial charge in [-0.15, -0.1) is 0 Å². The minimum absolute atomic E-state index is 0.0795. The maximum absolute atomic E-state index is 12.3. The minimum atomic E-state index is -0.121. The van der Waals surface area contributed by atoms with Gasteiger partial charge in [-0.25, -0.2) is 0 Å². The van der Waals surface area contributed by atoms with Gasteiger partial charge >= 0.3 is 0 Å². The van der Waals surface area contributed by atoms with E-state index in [-0.39, 0.29) is 23.8 Å². The summed E-state index contributed by atoms with van der Waals surface area (Å²) < 4.78 is 0. The van der Waals surface area contributed by atoms with Crippen molar-refractivity contribution >= 4 is 11.8 Å². The Morgan fingerprint density at radius 3 is 2.76 bits per heavy atom. The number of piperidine rings is 2. The molecule has 0 saturated carbocycles. The van der Waals surface area contributed by atoms with Gasteiger partial charge in [0.15, 0.2) is 0 Å². The summed E-state index contributed by atoms with van der Waals surface area (Å²) in [5, 5.41) is 0. The van der Waals surface area contributed by atoms with Crippen molar-refractivity contribution < 1.29 is 9.59 Å². The maximum Gasteiger partial charge on any atom is 0.226 e. The molecule has 0 unspecified atom stereocenters. The quantitative estimate of drug-likeness (QED) is 0.689. The van der Waals surface area contributed by atoms with E-state index < -0.39 is 0 Å². The highest BCUT2D eigenvalue weighted by atomic mass is 16.2. The molecular formula is C12H21N3O2. The Morgan fingerprint density at radius 2 is 2.12 bits per heavy atom. The van der Waals surface area contributed by atoms with Crippen LogP contribution in [0.2, 0.25) is 0 Å². The average molecular weight is 239 g/mol. The third kappa shape index (κ3) is 2.77. The van der Waals surface area contributed by atoms with Gasteiger partial charge in [-0.2, -0.15) is 0 Å². The molecule has 0 aliphatic carbocycles. The predicted octanol–water partition coefficient (Wildman–Crippen LogP) is -0.195. The van der Waals surface area contributed by atoms with Crippen molar-refractivity contribution in [1.29, 1.82) is 0 Å². The van der Waals surface area contributed by atoms with E-state index in [1.807, 2.05) is 4.90 Å². The Hall–Kier alpha value is -1.10. The molecule has 5 heteroatoms. The lowest BCUT2D eigenvalue weighted by molar-refractivity contribution is -0.145. The van der Waals surface area contributed by atoms with Gasteiger partial charge in [-0.1, -0.05) is 0 Å². The van der Waals surface area contributed by atoms with Crippen LogP contribution >= 0.6 is 0 Å². The molecule has 2 saturated heterocycles. The van der Waals surface area contributed by atoms with Gasteiger partial charge in [0.05, 0.1) is 0 Å². The Bertz CT molecular complexity index is 319. The highest BCUT2D eigenvalue weighted by molar-refractivity contribution is 5.87. The zero-order valence-electron chi connectivity index (χ0n) is 10.4. The van der Waals surface area contributed by atoms with Gasteiger partial charge in [0.25, 0.3) is 0 Å². The highest BCUT2D eigenvalue weighted by Crippen LogP contribution is 2.21. The summed E-state index contributed by atoms with van der Waals surface area (Å²) in [4.78, 5) is 27.4. The second-order valence-electron chi connectivity index (χ2n) is 5.19. The number of hydrogen-bond donors (Lipinski definition) is 1. The van der Waals surface area contributed by atoms with Crippen LogP contribution < -0.4 is 5.73 Å². The Balaban J connectivity index is 1.93. The van der Waals surface area contributed by atoms with E-state index in [4.69, 9.17) is 5.73 Å². The number of hydrogen-bond acceptors (Lipinski definition) is 3. The number of rotatable bonds is 1. The van der Waals surface area contributed by atoms with Crippen LogP contribution in [-0.2, 0) is 9.59 Å². The van der Waals surface area contributed by atoms with Gasteiger partial charge in [0, 0.05) is 45.1 Å². The third-order valence-electron chi connectivity index (χ3n) is 3.78. The summed E-state index contributed by atoms with van der Waals surface area (Å²) in [5.41, 5.74) is 5.87. The zero-order chi connectivity index (χ0) is 12.4. The fourth-order valence-corrected chi connectivity index (χ4v) is 2.62. The number of amides is 2. The fraction of sp³-hybridized carbons (Fsp3) is 0.833. The van der Waals surface area contributed by atoms with E-state index in [2.05, 4.69) is 0 Å². The molecule has 96 valence electrons. The van der Waals surface area contributed by atoms with Crippen LogP contribution in [0.5, 0.6) is 0 Å². The molecule has 0 spiro atoms. The van der Waals surface area contributed by atoms with E-state index in [0.29, 0.717) is 19.5 Å². The van der Waals surface area contributed by atoms with Gasteiger partial charge in [0.1, 0.15) is 0 Å². The fourth-order valence-electron chi connectivity index (χ4n) is 2.62. The van der Waals surface area contributed by atoms with Gasteiger partial charge < -0.3 is 15.5 Å². The SMILES string of the molecule is CN1CC[C@@H](C(=O)N2CCC[C@@H](N)C2)CC1=O. The Morgan fingerprint density at radius 1 is 1.35 bits per heavy atom. The summed E-state index contributed by atoms with van der Waals surface area (Å²) >= 11 is 0. The lowest BCUT2D eigenvalue weighted by Crippen LogP contribution is -2.50. The maximum atomic E-state index is 12.3. The molecular weight excluding hydrogens is 218 g/mol. The Labute approximate surface area is 102 Å². The zero-order valence-corrected chi connectivity index (χ0v) is 10.4. The number of carbonyl (C=O) groups is 2. The lowest BCUT2D eigenvalue weighted by Gasteiger charge is -2.35. The van der Waals surface area contributed by atoms with Crippen LogP contribution in [0.4, 0.5) is 0 Å². The molecule has 2 atom stereocenters. The van der Waals surface area contributed by atoms with Crippen molar-refractivity contribution in [2.24, 2.45) is 11.7 Å². The standard InChI is InChI=1S/C12H21N3O2/c1-14-6-4-9(7-11(14)16)12(17)15-5-2-3-10(13)8-15/h9-10H,2-8,13H2,1H3/t9-,10-/m1/s1. The molecule has 5 nitrogen and oxygen atoms in total. The Kier molecular flexibility index (Phi) is 3.66. The predicted molar refractivity (Wildman–Crippen MR) is 64.2 cm³/mol. The summed E-state index contributed by atoms with van der Waals surface area (Å²) in [7, 11) is 1.79. The summed E-state index contributed by atoms with van der Waals surface area (Å²) in [6.07, 6.45) is 3.12. The second-order valence-corrected chi connectivity index (χ2v) is 5.19.